The first-order valence-corrected chi connectivity index (χ1v) is 8.64. The predicted octanol–water partition coefficient (Wildman–Crippen LogP) is 2.66. The van der Waals surface area contributed by atoms with Crippen LogP contribution in [0.3, 0.4) is 0 Å². The average Bonchev–Trinajstić information content (AvgIpc) is 2.88. The van der Waals surface area contributed by atoms with Crippen molar-refractivity contribution in [1.29, 1.82) is 0 Å². The summed E-state index contributed by atoms with van der Waals surface area (Å²) >= 11 is 1.69. The molecule has 0 aromatic carbocycles. The molecule has 1 saturated heterocycles. The van der Waals surface area contributed by atoms with Gasteiger partial charge in [-0.15, -0.1) is 11.3 Å². The van der Waals surface area contributed by atoms with Gasteiger partial charge in [0.15, 0.2) is 0 Å². The van der Waals surface area contributed by atoms with E-state index in [1.54, 1.807) is 18.4 Å². The quantitative estimate of drug-likeness (QED) is 0.945. The maximum atomic E-state index is 11.5. The van der Waals surface area contributed by atoms with Crippen molar-refractivity contribution in [3.8, 4) is 0 Å². The molecule has 2 aromatic rings. The summed E-state index contributed by atoms with van der Waals surface area (Å²) in [5.74, 6) is 2.53. The minimum atomic E-state index is 0.146. The smallest absolute Gasteiger partial charge is 0.220 e. The predicted molar refractivity (Wildman–Crippen MR) is 90.5 cm³/mol. The van der Waals surface area contributed by atoms with Gasteiger partial charge in [-0.05, 0) is 43.6 Å². The van der Waals surface area contributed by atoms with Crippen LogP contribution >= 0.6 is 11.3 Å². The summed E-state index contributed by atoms with van der Waals surface area (Å²) in [6.07, 6.45) is 2.72. The second-order valence-corrected chi connectivity index (χ2v) is 6.86. The van der Waals surface area contributed by atoms with Gasteiger partial charge in [0.1, 0.15) is 16.5 Å². The van der Waals surface area contributed by atoms with Crippen LogP contribution in [0.15, 0.2) is 5.38 Å². The fraction of sp³-hybridized carbons (Fsp3) is 0.562. The zero-order valence-corrected chi connectivity index (χ0v) is 14.2. The molecule has 1 fully saturated rings. The summed E-state index contributed by atoms with van der Waals surface area (Å²) in [5, 5.41) is 6.07. The summed E-state index contributed by atoms with van der Waals surface area (Å²) < 4.78 is 0. The fourth-order valence-corrected chi connectivity index (χ4v) is 4.07. The van der Waals surface area contributed by atoms with E-state index in [-0.39, 0.29) is 5.91 Å². The van der Waals surface area contributed by atoms with Crippen LogP contribution in [-0.2, 0) is 4.79 Å². The lowest BCUT2D eigenvalue weighted by molar-refractivity contribution is -0.121. The van der Waals surface area contributed by atoms with E-state index >= 15 is 0 Å². The molecule has 22 heavy (non-hydrogen) atoms. The molecule has 0 spiro atoms. The molecule has 3 rings (SSSR count). The van der Waals surface area contributed by atoms with Crippen molar-refractivity contribution in [3.63, 3.8) is 0 Å². The van der Waals surface area contributed by atoms with Gasteiger partial charge in [0.25, 0.3) is 0 Å². The topological polar surface area (TPSA) is 58.1 Å². The highest BCUT2D eigenvalue weighted by molar-refractivity contribution is 7.17. The number of nitrogens with zero attached hydrogens (tertiary/aromatic N) is 3. The molecule has 118 valence electrons. The van der Waals surface area contributed by atoms with Crippen molar-refractivity contribution >= 4 is 33.3 Å². The molecule has 1 N–H and O–H groups in total. The van der Waals surface area contributed by atoms with Gasteiger partial charge < -0.3 is 10.2 Å². The van der Waals surface area contributed by atoms with E-state index in [2.05, 4.69) is 27.5 Å². The lowest BCUT2D eigenvalue weighted by atomic mass is 9.93. The maximum Gasteiger partial charge on any atom is 0.220 e. The Morgan fingerprint density at radius 2 is 2.09 bits per heavy atom. The van der Waals surface area contributed by atoms with Crippen LogP contribution in [0.1, 0.15) is 30.7 Å². The van der Waals surface area contributed by atoms with Crippen molar-refractivity contribution in [1.82, 2.24) is 15.3 Å². The molecule has 0 atom stereocenters. The van der Waals surface area contributed by atoms with Crippen LogP contribution in [-0.4, -0.2) is 36.0 Å². The first-order valence-electron chi connectivity index (χ1n) is 7.76. The summed E-state index contributed by atoms with van der Waals surface area (Å²) in [4.78, 5) is 24.2. The second-order valence-electron chi connectivity index (χ2n) is 6.00. The lowest BCUT2D eigenvalue weighted by Crippen LogP contribution is -2.36. The average molecular weight is 318 g/mol. The van der Waals surface area contributed by atoms with Crippen molar-refractivity contribution in [2.45, 2.75) is 33.1 Å². The van der Waals surface area contributed by atoms with Gasteiger partial charge in [0.05, 0.1) is 5.39 Å². The van der Waals surface area contributed by atoms with E-state index in [4.69, 9.17) is 4.98 Å². The number of rotatable bonds is 3. The third-order valence-electron chi connectivity index (χ3n) is 4.38. The number of anilines is 1. The molecule has 6 heteroatoms. The molecule has 0 saturated carbocycles. The van der Waals surface area contributed by atoms with E-state index in [0.717, 1.165) is 42.4 Å². The van der Waals surface area contributed by atoms with Crippen molar-refractivity contribution in [3.05, 3.63) is 16.8 Å². The Bertz CT molecular complexity index is 689. The monoisotopic (exact) mass is 318 g/mol. The number of aryl methyl sites for hydroxylation is 2. The highest BCUT2D eigenvalue weighted by Gasteiger charge is 2.24. The number of fused-ring (bicyclic) bond motifs is 1. The SMILES string of the molecule is CNC(=O)CC1CCN(c2nc(C)nc3scc(C)c23)CC1. The lowest BCUT2D eigenvalue weighted by Gasteiger charge is -2.33. The molecule has 5 nitrogen and oxygen atoms in total. The third kappa shape index (κ3) is 2.92. The minimum absolute atomic E-state index is 0.146. The Balaban J connectivity index is 1.79. The maximum absolute atomic E-state index is 11.5. The first kappa shape index (κ1) is 15.2. The standard InChI is InChI=1S/C16H22N4OS/c1-10-9-22-16-14(10)15(18-11(2)19-16)20-6-4-12(5-7-20)8-13(21)17-3/h9,12H,4-8H2,1-3H3,(H,17,21). The molecule has 3 heterocycles. The second kappa shape index (κ2) is 6.20. The van der Waals surface area contributed by atoms with Crippen molar-refractivity contribution in [2.24, 2.45) is 5.92 Å². The molecular formula is C16H22N4OS. The highest BCUT2D eigenvalue weighted by atomic mass is 32.1. The summed E-state index contributed by atoms with van der Waals surface area (Å²) in [6, 6.07) is 0. The van der Waals surface area contributed by atoms with Crippen LogP contribution in [0.2, 0.25) is 0 Å². The van der Waals surface area contributed by atoms with E-state index in [1.165, 1.54) is 10.9 Å². The molecular weight excluding hydrogens is 296 g/mol. The minimum Gasteiger partial charge on any atom is -0.359 e. The zero-order chi connectivity index (χ0) is 15.7. The van der Waals surface area contributed by atoms with Crippen LogP contribution < -0.4 is 10.2 Å². The number of hydrogen-bond acceptors (Lipinski definition) is 5. The van der Waals surface area contributed by atoms with Crippen LogP contribution in [0.4, 0.5) is 5.82 Å². The molecule has 0 aliphatic carbocycles. The van der Waals surface area contributed by atoms with E-state index in [1.807, 2.05) is 6.92 Å². The van der Waals surface area contributed by atoms with E-state index < -0.39 is 0 Å². The van der Waals surface area contributed by atoms with Gasteiger partial charge in [-0.1, -0.05) is 0 Å². The van der Waals surface area contributed by atoms with Crippen molar-refractivity contribution < 1.29 is 4.79 Å². The Morgan fingerprint density at radius 3 is 2.77 bits per heavy atom. The normalized spacial score (nSPS) is 16.2. The molecule has 0 unspecified atom stereocenters. The number of amides is 1. The number of thiophene rings is 1. The molecule has 1 aliphatic heterocycles. The van der Waals surface area contributed by atoms with Gasteiger partial charge in [-0.25, -0.2) is 9.97 Å². The summed E-state index contributed by atoms with van der Waals surface area (Å²) in [5.41, 5.74) is 1.25. The molecule has 0 bridgehead atoms. The number of carbonyl (C=O) groups excluding carboxylic acids is 1. The van der Waals surface area contributed by atoms with Crippen LogP contribution in [0.5, 0.6) is 0 Å². The van der Waals surface area contributed by atoms with Gasteiger partial charge in [-0.2, -0.15) is 0 Å². The van der Waals surface area contributed by atoms with Gasteiger partial charge in [0, 0.05) is 26.6 Å². The Kier molecular flexibility index (Phi) is 4.29. The third-order valence-corrected chi connectivity index (χ3v) is 5.37. The Morgan fingerprint density at radius 1 is 1.36 bits per heavy atom. The number of piperidine rings is 1. The van der Waals surface area contributed by atoms with Gasteiger partial charge in [0.2, 0.25) is 5.91 Å². The first-order chi connectivity index (χ1) is 10.6. The number of hydrogen-bond donors (Lipinski definition) is 1. The Hall–Kier alpha value is -1.69. The van der Waals surface area contributed by atoms with E-state index in [0.29, 0.717) is 12.3 Å². The molecule has 1 aliphatic rings. The van der Waals surface area contributed by atoms with Crippen molar-refractivity contribution in [2.75, 3.05) is 25.0 Å². The number of nitrogens with one attached hydrogen (secondary N) is 1. The summed E-state index contributed by atoms with van der Waals surface area (Å²) in [6.45, 7) is 6.00. The van der Waals surface area contributed by atoms with Crippen LogP contribution in [0.25, 0.3) is 10.2 Å². The van der Waals surface area contributed by atoms with Gasteiger partial charge in [-0.3, -0.25) is 4.79 Å². The van der Waals surface area contributed by atoms with E-state index in [9.17, 15) is 4.79 Å². The highest BCUT2D eigenvalue weighted by Crippen LogP contribution is 2.33. The summed E-state index contributed by atoms with van der Waals surface area (Å²) in [7, 11) is 1.71. The van der Waals surface area contributed by atoms with Gasteiger partial charge >= 0.3 is 0 Å². The fourth-order valence-electron chi connectivity index (χ4n) is 3.11. The zero-order valence-electron chi connectivity index (χ0n) is 13.3. The Labute approximate surface area is 134 Å². The van der Waals surface area contributed by atoms with Crippen LogP contribution in [0, 0.1) is 19.8 Å². The molecule has 0 radical (unpaired) electrons. The molecule has 2 aromatic heterocycles. The number of aromatic nitrogens is 2. The molecule has 1 amide bonds. The largest absolute Gasteiger partial charge is 0.359 e. The number of carbonyl (C=O) groups is 1.